The molecule has 1 atom stereocenters. The first-order valence-electron chi connectivity index (χ1n) is 7.06. The second-order valence-electron chi connectivity index (χ2n) is 5.53. The third-order valence-corrected chi connectivity index (χ3v) is 3.75. The van der Waals surface area contributed by atoms with Crippen LogP contribution in [-0.4, -0.2) is 23.6 Å². The molecule has 0 aliphatic carbocycles. The Morgan fingerprint density at radius 1 is 1.33 bits per heavy atom. The first-order chi connectivity index (χ1) is 9.81. The van der Waals surface area contributed by atoms with Crippen molar-refractivity contribution < 1.29 is 19.4 Å². The lowest BCUT2D eigenvalue weighted by molar-refractivity contribution is -0.153. The molecule has 1 unspecified atom stereocenters. The summed E-state index contributed by atoms with van der Waals surface area (Å²) in [4.78, 5) is 23.6. The summed E-state index contributed by atoms with van der Waals surface area (Å²) in [5.74, 6) is -0.871. The van der Waals surface area contributed by atoms with Gasteiger partial charge in [-0.3, -0.25) is 9.59 Å². The zero-order valence-electron chi connectivity index (χ0n) is 13.0. The van der Waals surface area contributed by atoms with Gasteiger partial charge in [-0.15, -0.1) is 0 Å². The number of hydrogen-bond acceptors (Lipinski definition) is 3. The molecular formula is C16H23NO4. The van der Waals surface area contributed by atoms with Crippen LogP contribution >= 0.6 is 0 Å². The minimum absolute atomic E-state index is 0.0829. The molecule has 0 aliphatic heterocycles. The number of para-hydroxylation sites is 2. The lowest BCUT2D eigenvalue weighted by Gasteiger charge is -2.28. The molecule has 1 aromatic rings. The topological polar surface area (TPSA) is 75.6 Å². The standard InChI is InChI=1S/C16H23NO4/c1-5-21-13-9-7-6-8-12(13)17-14(18)10-16(4,11(2)3)15(19)20/h6-9,11H,5,10H2,1-4H3,(H,17,18)(H,19,20). The number of carbonyl (C=O) groups is 2. The van der Waals surface area contributed by atoms with E-state index in [0.717, 1.165) is 0 Å². The molecule has 0 saturated carbocycles. The van der Waals surface area contributed by atoms with Crippen molar-refractivity contribution in [2.45, 2.75) is 34.1 Å². The van der Waals surface area contributed by atoms with Crippen LogP contribution in [0.15, 0.2) is 24.3 Å². The number of carboxylic acids is 1. The van der Waals surface area contributed by atoms with Crippen LogP contribution in [-0.2, 0) is 9.59 Å². The van der Waals surface area contributed by atoms with Crippen molar-refractivity contribution in [3.05, 3.63) is 24.3 Å². The van der Waals surface area contributed by atoms with E-state index < -0.39 is 11.4 Å². The molecule has 116 valence electrons. The van der Waals surface area contributed by atoms with Gasteiger partial charge in [-0.1, -0.05) is 26.0 Å². The van der Waals surface area contributed by atoms with Crippen molar-refractivity contribution in [3.63, 3.8) is 0 Å². The first-order valence-corrected chi connectivity index (χ1v) is 7.06. The van der Waals surface area contributed by atoms with Crippen LogP contribution in [0.1, 0.15) is 34.1 Å². The number of carboxylic acid groups (broad SMARTS) is 1. The molecule has 21 heavy (non-hydrogen) atoms. The van der Waals surface area contributed by atoms with Gasteiger partial charge >= 0.3 is 5.97 Å². The van der Waals surface area contributed by atoms with E-state index in [0.29, 0.717) is 18.0 Å². The Morgan fingerprint density at radius 3 is 2.48 bits per heavy atom. The minimum atomic E-state index is -1.09. The SMILES string of the molecule is CCOc1ccccc1NC(=O)CC(C)(C(=O)O)C(C)C. The van der Waals surface area contributed by atoms with Crippen LogP contribution < -0.4 is 10.1 Å². The quantitative estimate of drug-likeness (QED) is 0.809. The Kier molecular flexibility index (Phi) is 5.76. The van der Waals surface area contributed by atoms with Gasteiger partial charge in [-0.25, -0.2) is 0 Å². The fourth-order valence-electron chi connectivity index (χ4n) is 1.91. The highest BCUT2D eigenvalue weighted by Crippen LogP contribution is 2.32. The molecule has 0 heterocycles. The zero-order chi connectivity index (χ0) is 16.0. The molecule has 1 rings (SSSR count). The fraction of sp³-hybridized carbons (Fsp3) is 0.500. The third kappa shape index (κ3) is 4.21. The molecule has 0 spiro atoms. The van der Waals surface area contributed by atoms with E-state index in [2.05, 4.69) is 5.32 Å². The third-order valence-electron chi connectivity index (χ3n) is 3.75. The average molecular weight is 293 g/mol. The number of rotatable bonds is 7. The number of ether oxygens (including phenoxy) is 1. The van der Waals surface area contributed by atoms with Crippen molar-refractivity contribution >= 4 is 17.6 Å². The highest BCUT2D eigenvalue weighted by atomic mass is 16.5. The summed E-state index contributed by atoms with van der Waals surface area (Å²) in [5, 5.41) is 12.1. The number of aliphatic carboxylic acids is 1. The van der Waals surface area contributed by atoms with Crippen LogP contribution in [0.2, 0.25) is 0 Å². The maximum absolute atomic E-state index is 12.2. The Labute approximate surface area is 125 Å². The first kappa shape index (κ1) is 17.0. The van der Waals surface area contributed by atoms with Gasteiger partial charge in [0.2, 0.25) is 5.91 Å². The Morgan fingerprint density at radius 2 is 1.95 bits per heavy atom. The van der Waals surface area contributed by atoms with Gasteiger partial charge in [-0.05, 0) is 31.9 Å². The predicted molar refractivity (Wildman–Crippen MR) is 81.4 cm³/mol. The summed E-state index contributed by atoms with van der Waals surface area (Å²) >= 11 is 0. The van der Waals surface area contributed by atoms with Crippen molar-refractivity contribution in [1.82, 2.24) is 0 Å². The normalized spacial score (nSPS) is 13.6. The van der Waals surface area contributed by atoms with E-state index in [1.807, 2.05) is 13.0 Å². The molecule has 0 aliphatic rings. The maximum Gasteiger partial charge on any atom is 0.310 e. The van der Waals surface area contributed by atoms with Gasteiger partial charge in [0.15, 0.2) is 0 Å². The summed E-state index contributed by atoms with van der Waals surface area (Å²) in [6.07, 6.45) is -0.0829. The lowest BCUT2D eigenvalue weighted by Crippen LogP contribution is -2.37. The van der Waals surface area contributed by atoms with Gasteiger partial charge in [0.1, 0.15) is 5.75 Å². The van der Waals surface area contributed by atoms with E-state index in [4.69, 9.17) is 4.74 Å². The van der Waals surface area contributed by atoms with E-state index in [-0.39, 0.29) is 18.2 Å². The number of nitrogens with one attached hydrogen (secondary N) is 1. The van der Waals surface area contributed by atoms with Crippen LogP contribution in [0.5, 0.6) is 5.75 Å². The van der Waals surface area contributed by atoms with E-state index in [9.17, 15) is 14.7 Å². The number of benzene rings is 1. The van der Waals surface area contributed by atoms with E-state index in [1.165, 1.54) is 0 Å². The molecule has 0 aromatic heterocycles. The van der Waals surface area contributed by atoms with Crippen LogP contribution in [0, 0.1) is 11.3 Å². The zero-order valence-corrected chi connectivity index (χ0v) is 13.0. The average Bonchev–Trinajstić information content (AvgIpc) is 2.40. The molecular weight excluding hydrogens is 270 g/mol. The molecule has 0 radical (unpaired) electrons. The maximum atomic E-state index is 12.2. The second kappa shape index (κ2) is 7.11. The number of carbonyl (C=O) groups excluding carboxylic acids is 1. The van der Waals surface area contributed by atoms with Gasteiger partial charge in [0.25, 0.3) is 0 Å². The lowest BCUT2D eigenvalue weighted by atomic mass is 9.76. The molecule has 0 fully saturated rings. The van der Waals surface area contributed by atoms with Gasteiger partial charge in [0.05, 0.1) is 17.7 Å². The highest BCUT2D eigenvalue weighted by molar-refractivity contribution is 5.95. The smallest absolute Gasteiger partial charge is 0.310 e. The Balaban J connectivity index is 2.85. The van der Waals surface area contributed by atoms with E-state index in [1.54, 1.807) is 39.0 Å². The Bertz CT molecular complexity index is 513. The second-order valence-corrected chi connectivity index (χ2v) is 5.53. The Hall–Kier alpha value is -2.04. The largest absolute Gasteiger partial charge is 0.492 e. The van der Waals surface area contributed by atoms with E-state index >= 15 is 0 Å². The number of amides is 1. The molecule has 0 saturated heterocycles. The molecule has 1 aromatic carbocycles. The summed E-state index contributed by atoms with van der Waals surface area (Å²) in [6, 6.07) is 7.10. The minimum Gasteiger partial charge on any atom is -0.492 e. The van der Waals surface area contributed by atoms with Gasteiger partial charge in [0, 0.05) is 6.42 Å². The molecule has 5 nitrogen and oxygen atoms in total. The van der Waals surface area contributed by atoms with Gasteiger partial charge in [-0.2, -0.15) is 0 Å². The molecule has 1 amide bonds. The van der Waals surface area contributed by atoms with Crippen molar-refractivity contribution in [2.75, 3.05) is 11.9 Å². The van der Waals surface area contributed by atoms with Crippen LogP contribution in [0.4, 0.5) is 5.69 Å². The summed E-state index contributed by atoms with van der Waals surface area (Å²) in [6.45, 7) is 7.55. The van der Waals surface area contributed by atoms with Gasteiger partial charge < -0.3 is 15.2 Å². The highest BCUT2D eigenvalue weighted by Gasteiger charge is 2.38. The molecule has 5 heteroatoms. The molecule has 0 bridgehead atoms. The fourth-order valence-corrected chi connectivity index (χ4v) is 1.91. The monoisotopic (exact) mass is 293 g/mol. The van der Waals surface area contributed by atoms with Crippen LogP contribution in [0.25, 0.3) is 0 Å². The van der Waals surface area contributed by atoms with Crippen molar-refractivity contribution in [3.8, 4) is 5.75 Å². The van der Waals surface area contributed by atoms with Crippen LogP contribution in [0.3, 0.4) is 0 Å². The molecule has 2 N–H and O–H groups in total. The summed E-state index contributed by atoms with van der Waals surface area (Å²) in [7, 11) is 0. The van der Waals surface area contributed by atoms with Crippen molar-refractivity contribution in [2.24, 2.45) is 11.3 Å². The number of hydrogen-bond donors (Lipinski definition) is 2. The summed E-state index contributed by atoms with van der Waals surface area (Å²) < 4.78 is 5.43. The predicted octanol–water partition coefficient (Wildman–Crippen LogP) is 3.16. The summed E-state index contributed by atoms with van der Waals surface area (Å²) in [5.41, 5.74) is -0.536. The number of anilines is 1. The van der Waals surface area contributed by atoms with Crippen molar-refractivity contribution in [1.29, 1.82) is 0 Å².